The molecule has 18 heavy (non-hydrogen) atoms. The Balaban J connectivity index is 2.04. The number of benzene rings is 1. The van der Waals surface area contributed by atoms with E-state index in [1.54, 1.807) is 18.2 Å². The van der Waals surface area contributed by atoms with Gasteiger partial charge in [-0.1, -0.05) is 22.4 Å². The number of hydrogen-bond donors (Lipinski definition) is 3. The topological polar surface area (TPSA) is 75.4 Å². The van der Waals surface area contributed by atoms with Crippen LogP contribution in [-0.2, 0) is 4.79 Å². The van der Waals surface area contributed by atoms with E-state index in [1.807, 2.05) is 0 Å². The molecule has 0 bridgehead atoms. The number of carbonyl (C=O) groups excluding carboxylic acids is 1. The van der Waals surface area contributed by atoms with Crippen LogP contribution in [0.1, 0.15) is 25.7 Å². The first-order valence-electron chi connectivity index (χ1n) is 6.11. The van der Waals surface area contributed by atoms with Crippen molar-refractivity contribution >= 4 is 27.5 Å². The van der Waals surface area contributed by atoms with Gasteiger partial charge in [-0.25, -0.2) is 0 Å². The molecule has 1 aromatic rings. The number of nitrogens with two attached hydrogens (primary N) is 1. The molecule has 1 aliphatic carbocycles. The number of anilines is 1. The molecule has 0 aliphatic heterocycles. The van der Waals surface area contributed by atoms with Crippen LogP contribution in [0.3, 0.4) is 0 Å². The SMILES string of the molecule is NC1CCCC(C(=O)Nc2cc(Br)ccc2O)C1. The lowest BCUT2D eigenvalue weighted by molar-refractivity contribution is -0.120. The van der Waals surface area contributed by atoms with Crippen molar-refractivity contribution in [2.45, 2.75) is 31.7 Å². The Morgan fingerprint density at radius 3 is 2.94 bits per heavy atom. The van der Waals surface area contributed by atoms with Gasteiger partial charge in [0.15, 0.2) is 0 Å². The largest absolute Gasteiger partial charge is 0.506 e. The smallest absolute Gasteiger partial charge is 0.227 e. The highest BCUT2D eigenvalue weighted by Gasteiger charge is 2.25. The fourth-order valence-corrected chi connectivity index (χ4v) is 2.67. The van der Waals surface area contributed by atoms with Crippen LogP contribution in [0.2, 0.25) is 0 Å². The molecule has 1 aromatic carbocycles. The van der Waals surface area contributed by atoms with Crippen LogP contribution in [0.5, 0.6) is 5.75 Å². The number of rotatable bonds is 2. The molecule has 5 heteroatoms. The summed E-state index contributed by atoms with van der Waals surface area (Å²) in [5, 5.41) is 12.4. The van der Waals surface area contributed by atoms with Crippen molar-refractivity contribution in [3.05, 3.63) is 22.7 Å². The van der Waals surface area contributed by atoms with Crippen molar-refractivity contribution in [1.29, 1.82) is 0 Å². The molecule has 4 N–H and O–H groups in total. The summed E-state index contributed by atoms with van der Waals surface area (Å²) in [6.45, 7) is 0. The second-order valence-electron chi connectivity index (χ2n) is 4.77. The lowest BCUT2D eigenvalue weighted by atomic mass is 9.85. The maximum atomic E-state index is 12.1. The second kappa shape index (κ2) is 5.71. The van der Waals surface area contributed by atoms with E-state index in [0.717, 1.165) is 30.2 Å². The Hall–Kier alpha value is -1.07. The fraction of sp³-hybridized carbons (Fsp3) is 0.462. The van der Waals surface area contributed by atoms with Crippen LogP contribution in [0.25, 0.3) is 0 Å². The highest BCUT2D eigenvalue weighted by atomic mass is 79.9. The highest BCUT2D eigenvalue weighted by Crippen LogP contribution is 2.29. The van der Waals surface area contributed by atoms with Gasteiger partial charge >= 0.3 is 0 Å². The van der Waals surface area contributed by atoms with E-state index in [0.29, 0.717) is 5.69 Å². The van der Waals surface area contributed by atoms with Gasteiger partial charge in [-0.2, -0.15) is 0 Å². The molecule has 4 nitrogen and oxygen atoms in total. The number of nitrogens with one attached hydrogen (secondary N) is 1. The van der Waals surface area contributed by atoms with Gasteiger partial charge < -0.3 is 16.2 Å². The Morgan fingerprint density at radius 2 is 2.22 bits per heavy atom. The summed E-state index contributed by atoms with van der Waals surface area (Å²) in [6.07, 6.45) is 3.57. The van der Waals surface area contributed by atoms with Crippen LogP contribution >= 0.6 is 15.9 Å². The molecule has 1 amide bonds. The van der Waals surface area contributed by atoms with Crippen LogP contribution in [0.4, 0.5) is 5.69 Å². The zero-order valence-corrected chi connectivity index (χ0v) is 11.6. The van der Waals surface area contributed by atoms with E-state index < -0.39 is 0 Å². The quantitative estimate of drug-likeness (QED) is 0.735. The molecular weight excluding hydrogens is 296 g/mol. The summed E-state index contributed by atoms with van der Waals surface area (Å²) in [4.78, 5) is 12.1. The van der Waals surface area contributed by atoms with Crippen molar-refractivity contribution in [2.24, 2.45) is 11.7 Å². The van der Waals surface area contributed by atoms with Gasteiger partial charge in [0.05, 0.1) is 5.69 Å². The number of phenolic OH excluding ortho intramolecular Hbond substituents is 1. The highest BCUT2D eigenvalue weighted by molar-refractivity contribution is 9.10. The zero-order chi connectivity index (χ0) is 13.1. The summed E-state index contributed by atoms with van der Waals surface area (Å²) < 4.78 is 0.816. The molecule has 98 valence electrons. The molecule has 1 saturated carbocycles. The van der Waals surface area contributed by atoms with Crippen LogP contribution in [-0.4, -0.2) is 17.1 Å². The molecule has 0 heterocycles. The molecular formula is C13H17BrN2O2. The molecule has 0 saturated heterocycles. The van der Waals surface area contributed by atoms with E-state index in [1.165, 1.54) is 0 Å². The first kappa shape index (κ1) is 13.4. The van der Waals surface area contributed by atoms with Gasteiger partial charge in [0, 0.05) is 16.4 Å². The van der Waals surface area contributed by atoms with Crippen molar-refractivity contribution < 1.29 is 9.90 Å². The minimum absolute atomic E-state index is 0.0490. The molecule has 0 radical (unpaired) electrons. The Bertz CT molecular complexity index is 451. The maximum Gasteiger partial charge on any atom is 0.227 e. The van der Waals surface area contributed by atoms with E-state index in [9.17, 15) is 9.90 Å². The van der Waals surface area contributed by atoms with Crippen molar-refractivity contribution in [3.8, 4) is 5.75 Å². The number of amides is 1. The lowest BCUT2D eigenvalue weighted by Gasteiger charge is -2.25. The standard InChI is InChI=1S/C13H17BrN2O2/c14-9-4-5-12(17)11(7-9)16-13(18)8-2-1-3-10(15)6-8/h4-5,7-8,10,17H,1-3,6,15H2,(H,16,18). The van der Waals surface area contributed by atoms with Gasteiger partial charge in [0.1, 0.15) is 5.75 Å². The maximum absolute atomic E-state index is 12.1. The zero-order valence-electron chi connectivity index (χ0n) is 10.0. The molecule has 1 fully saturated rings. The Morgan fingerprint density at radius 1 is 1.44 bits per heavy atom. The number of halogens is 1. The first-order valence-corrected chi connectivity index (χ1v) is 6.90. The first-order chi connectivity index (χ1) is 8.56. The number of carbonyl (C=O) groups is 1. The van der Waals surface area contributed by atoms with E-state index in [4.69, 9.17) is 5.73 Å². The average Bonchev–Trinajstić information content (AvgIpc) is 2.34. The van der Waals surface area contributed by atoms with Gasteiger partial charge in [0.25, 0.3) is 0 Å². The predicted octanol–water partition coefficient (Wildman–Crippen LogP) is 2.61. The third kappa shape index (κ3) is 3.23. The van der Waals surface area contributed by atoms with Crippen molar-refractivity contribution in [2.75, 3.05) is 5.32 Å². The fourth-order valence-electron chi connectivity index (χ4n) is 2.31. The van der Waals surface area contributed by atoms with Crippen LogP contribution in [0, 0.1) is 5.92 Å². The van der Waals surface area contributed by atoms with E-state index in [2.05, 4.69) is 21.2 Å². The van der Waals surface area contributed by atoms with E-state index in [-0.39, 0.29) is 23.6 Å². The van der Waals surface area contributed by atoms with Gasteiger partial charge in [0.2, 0.25) is 5.91 Å². The molecule has 0 aromatic heterocycles. The number of phenols is 1. The Labute approximate surface area is 115 Å². The van der Waals surface area contributed by atoms with Crippen LogP contribution in [0.15, 0.2) is 22.7 Å². The van der Waals surface area contributed by atoms with Crippen LogP contribution < -0.4 is 11.1 Å². The molecule has 0 spiro atoms. The minimum atomic E-state index is -0.0569. The molecule has 2 atom stereocenters. The summed E-state index contributed by atoms with van der Waals surface area (Å²) in [7, 11) is 0. The number of hydrogen-bond acceptors (Lipinski definition) is 3. The summed E-state index contributed by atoms with van der Waals surface area (Å²) >= 11 is 3.31. The number of aromatic hydroxyl groups is 1. The second-order valence-corrected chi connectivity index (χ2v) is 5.69. The summed E-state index contributed by atoms with van der Waals surface area (Å²) in [5.74, 6) is -0.0302. The monoisotopic (exact) mass is 312 g/mol. The average molecular weight is 313 g/mol. The minimum Gasteiger partial charge on any atom is -0.506 e. The van der Waals surface area contributed by atoms with Gasteiger partial charge in [-0.15, -0.1) is 0 Å². The van der Waals surface area contributed by atoms with Crippen molar-refractivity contribution in [1.82, 2.24) is 0 Å². The Kier molecular flexibility index (Phi) is 4.24. The predicted molar refractivity (Wildman–Crippen MR) is 74.4 cm³/mol. The molecule has 2 unspecified atom stereocenters. The van der Waals surface area contributed by atoms with E-state index >= 15 is 0 Å². The molecule has 1 aliphatic rings. The van der Waals surface area contributed by atoms with Crippen molar-refractivity contribution in [3.63, 3.8) is 0 Å². The third-order valence-corrected chi connectivity index (χ3v) is 3.80. The third-order valence-electron chi connectivity index (χ3n) is 3.30. The lowest BCUT2D eigenvalue weighted by Crippen LogP contribution is -2.34. The summed E-state index contributed by atoms with van der Waals surface area (Å²) in [6, 6.07) is 5.08. The summed E-state index contributed by atoms with van der Waals surface area (Å²) in [5.41, 5.74) is 6.31. The molecule has 2 rings (SSSR count). The normalized spacial score (nSPS) is 23.7. The van der Waals surface area contributed by atoms with Gasteiger partial charge in [-0.3, -0.25) is 4.79 Å². The van der Waals surface area contributed by atoms with Gasteiger partial charge in [-0.05, 0) is 37.5 Å².